The van der Waals surface area contributed by atoms with Crippen molar-refractivity contribution in [2.75, 3.05) is 18.5 Å². The first-order valence-corrected chi connectivity index (χ1v) is 10.3. The van der Waals surface area contributed by atoms with Crippen LogP contribution >= 0.6 is 12.6 Å². The highest BCUT2D eigenvalue weighted by atomic mass is 32.1. The van der Waals surface area contributed by atoms with Crippen molar-refractivity contribution in [2.45, 2.75) is 17.4 Å². The molecule has 0 radical (unpaired) electrons. The van der Waals surface area contributed by atoms with Gasteiger partial charge in [0.05, 0.1) is 35.1 Å². The molecule has 1 fully saturated rings. The molecule has 1 unspecified atom stereocenters. The molecule has 2 aromatic carbocycles. The van der Waals surface area contributed by atoms with Gasteiger partial charge in [-0.2, -0.15) is 0 Å². The van der Waals surface area contributed by atoms with Crippen molar-refractivity contribution < 1.29 is 14.6 Å². The summed E-state index contributed by atoms with van der Waals surface area (Å²) in [6, 6.07) is 12.7. The zero-order valence-corrected chi connectivity index (χ0v) is 17.5. The predicted octanol–water partition coefficient (Wildman–Crippen LogP) is 4.33. The quantitative estimate of drug-likeness (QED) is 0.280. The summed E-state index contributed by atoms with van der Waals surface area (Å²) >= 11 is 4.54. The number of anilines is 2. The molecule has 0 spiro atoms. The topological polar surface area (TPSA) is 107 Å². The lowest BCUT2D eigenvalue weighted by molar-refractivity contribution is 0.0698. The van der Waals surface area contributed by atoms with E-state index in [1.807, 2.05) is 24.4 Å². The minimum atomic E-state index is -1.01. The number of carboxylic acids is 1. The van der Waals surface area contributed by atoms with Gasteiger partial charge in [0.1, 0.15) is 0 Å². The Kier molecular flexibility index (Phi) is 6.20. The van der Waals surface area contributed by atoms with E-state index in [1.54, 1.807) is 30.5 Å². The third-order valence-electron chi connectivity index (χ3n) is 5.16. The zero-order valence-electron chi connectivity index (χ0n) is 16.6. The summed E-state index contributed by atoms with van der Waals surface area (Å²) in [6.45, 7) is 1.40. The molecule has 0 bridgehead atoms. The van der Waals surface area contributed by atoms with E-state index in [0.717, 1.165) is 35.1 Å². The summed E-state index contributed by atoms with van der Waals surface area (Å²) in [7, 11) is 0. The van der Waals surface area contributed by atoms with Gasteiger partial charge in [-0.25, -0.2) is 4.79 Å². The van der Waals surface area contributed by atoms with Gasteiger partial charge in [-0.3, -0.25) is 4.98 Å². The molecule has 0 aliphatic carbocycles. The Bertz CT molecular complexity index is 1170. The number of benzene rings is 2. The molecule has 31 heavy (non-hydrogen) atoms. The maximum Gasteiger partial charge on any atom is 0.337 e. The zero-order chi connectivity index (χ0) is 21.8. The van der Waals surface area contributed by atoms with Gasteiger partial charge < -0.3 is 25.9 Å². The molecule has 158 valence electrons. The van der Waals surface area contributed by atoms with Crippen LogP contribution in [0.2, 0.25) is 0 Å². The lowest BCUT2D eigenvalue weighted by Crippen LogP contribution is -2.24. The highest BCUT2D eigenvalue weighted by Gasteiger charge is 2.15. The van der Waals surface area contributed by atoms with E-state index >= 15 is 0 Å². The molecule has 1 atom stereocenters. The van der Waals surface area contributed by atoms with E-state index in [1.165, 1.54) is 6.21 Å². The van der Waals surface area contributed by atoms with Gasteiger partial charge >= 0.3 is 5.97 Å². The molecular formula is C23H22N4O3S. The Morgan fingerprint density at radius 3 is 2.87 bits per heavy atom. The van der Waals surface area contributed by atoms with Crippen LogP contribution in [0.4, 0.5) is 11.4 Å². The summed E-state index contributed by atoms with van der Waals surface area (Å²) in [5.74, 6) is -1.01. The molecule has 4 rings (SSSR count). The van der Waals surface area contributed by atoms with Gasteiger partial charge in [-0.1, -0.05) is 18.2 Å². The molecule has 1 saturated heterocycles. The second-order valence-corrected chi connectivity index (χ2v) is 7.68. The second-order valence-electron chi connectivity index (χ2n) is 7.20. The Hall–Kier alpha value is -3.36. The molecule has 1 aliphatic rings. The Balaban J connectivity index is 1.74. The van der Waals surface area contributed by atoms with E-state index in [0.29, 0.717) is 22.9 Å². The van der Waals surface area contributed by atoms with E-state index in [9.17, 15) is 9.90 Å². The fourth-order valence-corrected chi connectivity index (χ4v) is 3.72. The van der Waals surface area contributed by atoms with Crippen LogP contribution in [-0.4, -0.2) is 41.5 Å². The number of carbonyl (C=O) groups is 1. The minimum absolute atomic E-state index is 0.166. The molecule has 1 aliphatic heterocycles. The van der Waals surface area contributed by atoms with Crippen molar-refractivity contribution in [1.82, 2.24) is 10.3 Å². The summed E-state index contributed by atoms with van der Waals surface area (Å²) in [5.41, 5.74) is 3.58. The van der Waals surface area contributed by atoms with Gasteiger partial charge in [-0.15, -0.1) is 12.6 Å². The third-order valence-corrected chi connectivity index (χ3v) is 5.50. The summed E-state index contributed by atoms with van der Waals surface area (Å²) in [4.78, 5) is 16.6. The minimum Gasteiger partial charge on any atom is -0.478 e. The number of nitrogens with zero attached hydrogens (tertiary/aromatic N) is 1. The van der Waals surface area contributed by atoms with Crippen LogP contribution in [0.15, 0.2) is 59.8 Å². The van der Waals surface area contributed by atoms with Crippen molar-refractivity contribution in [3.63, 3.8) is 0 Å². The Morgan fingerprint density at radius 2 is 2.13 bits per heavy atom. The largest absolute Gasteiger partial charge is 0.478 e. The van der Waals surface area contributed by atoms with Gasteiger partial charge in [0, 0.05) is 41.1 Å². The molecule has 0 amide bonds. The number of aromatic nitrogens is 1. The van der Waals surface area contributed by atoms with Crippen LogP contribution in [0.25, 0.3) is 16.5 Å². The smallest absolute Gasteiger partial charge is 0.337 e. The Labute approximate surface area is 185 Å². The summed E-state index contributed by atoms with van der Waals surface area (Å²) < 4.78 is 5.38. The first kappa shape index (κ1) is 20.9. The first-order valence-electron chi connectivity index (χ1n) is 9.82. The van der Waals surface area contributed by atoms with Gasteiger partial charge in [0.25, 0.3) is 0 Å². The lowest BCUT2D eigenvalue weighted by atomic mass is 10.0. The van der Waals surface area contributed by atoms with Crippen molar-refractivity contribution in [3.05, 3.63) is 66.0 Å². The number of ether oxygens (including phenoxy) is 1. The average molecular weight is 435 g/mol. The number of para-hydroxylation sites is 1. The molecule has 1 aromatic heterocycles. The molecule has 2 heterocycles. The maximum atomic E-state index is 11.6. The second kappa shape index (κ2) is 9.20. The van der Waals surface area contributed by atoms with Crippen LogP contribution in [0.1, 0.15) is 22.3 Å². The van der Waals surface area contributed by atoms with E-state index in [2.05, 4.69) is 28.2 Å². The maximum absolute atomic E-state index is 11.6. The number of allylic oxidation sites excluding steroid dienone is 1. The standard InChI is InChI=1S/C23H22N4O3S/c24-10-15(11-25-16-7-8-30-13-16)14-5-6-19-18(9-14)22(21(31)12-26-19)27-20-4-2-1-3-17(20)23(28)29/h1-6,9-12,16,24-25,31H,7-8,13H2,(H,26,27)(H,28,29)/b15-11+,24-10?. The monoisotopic (exact) mass is 434 g/mol. The first-order chi connectivity index (χ1) is 15.1. The summed E-state index contributed by atoms with van der Waals surface area (Å²) in [5, 5.41) is 24.7. The van der Waals surface area contributed by atoms with E-state index < -0.39 is 5.97 Å². The van der Waals surface area contributed by atoms with Crippen LogP contribution in [-0.2, 0) is 4.74 Å². The lowest BCUT2D eigenvalue weighted by Gasteiger charge is -2.15. The van der Waals surface area contributed by atoms with Crippen molar-refractivity contribution in [3.8, 4) is 0 Å². The number of aromatic carboxylic acids is 1. The average Bonchev–Trinajstić information content (AvgIpc) is 3.30. The molecule has 8 heteroatoms. The fraction of sp³-hybridized carbons (Fsp3) is 0.174. The van der Waals surface area contributed by atoms with Gasteiger partial charge in [0.15, 0.2) is 0 Å². The summed E-state index contributed by atoms with van der Waals surface area (Å²) in [6.07, 6.45) is 5.70. The number of rotatable bonds is 7. The SMILES string of the molecule is N=C/C(=C\NC1CCOC1)c1ccc2ncc(S)c(Nc3ccccc3C(=O)O)c2c1. The third kappa shape index (κ3) is 4.55. The fourth-order valence-electron chi connectivity index (χ4n) is 3.49. The number of thiol groups is 1. The normalized spacial score (nSPS) is 16.3. The van der Waals surface area contributed by atoms with E-state index in [4.69, 9.17) is 10.1 Å². The molecule has 3 aromatic rings. The highest BCUT2D eigenvalue weighted by molar-refractivity contribution is 7.80. The number of pyridine rings is 1. The number of nitrogens with one attached hydrogen (secondary N) is 3. The number of hydrogen-bond donors (Lipinski definition) is 5. The molecule has 4 N–H and O–H groups in total. The van der Waals surface area contributed by atoms with Crippen LogP contribution < -0.4 is 10.6 Å². The van der Waals surface area contributed by atoms with Crippen LogP contribution in [0, 0.1) is 5.41 Å². The molecular weight excluding hydrogens is 412 g/mol. The number of hydrogen-bond acceptors (Lipinski definition) is 7. The predicted molar refractivity (Wildman–Crippen MR) is 125 cm³/mol. The van der Waals surface area contributed by atoms with Crippen molar-refractivity contribution >= 4 is 52.7 Å². The van der Waals surface area contributed by atoms with Crippen LogP contribution in [0.5, 0.6) is 0 Å². The van der Waals surface area contributed by atoms with Gasteiger partial charge in [0.2, 0.25) is 0 Å². The van der Waals surface area contributed by atoms with E-state index in [-0.39, 0.29) is 11.6 Å². The Morgan fingerprint density at radius 1 is 1.29 bits per heavy atom. The molecule has 7 nitrogen and oxygen atoms in total. The number of fused-ring (bicyclic) bond motifs is 1. The number of carboxylic acid groups (broad SMARTS) is 1. The molecule has 0 saturated carbocycles. The van der Waals surface area contributed by atoms with Gasteiger partial charge in [-0.05, 0) is 36.2 Å². The van der Waals surface area contributed by atoms with Crippen molar-refractivity contribution in [1.29, 1.82) is 5.41 Å². The highest BCUT2D eigenvalue weighted by Crippen LogP contribution is 2.33. The van der Waals surface area contributed by atoms with Crippen LogP contribution in [0.3, 0.4) is 0 Å². The van der Waals surface area contributed by atoms with Crippen molar-refractivity contribution in [2.24, 2.45) is 0 Å².